The van der Waals surface area contributed by atoms with Crippen molar-refractivity contribution < 1.29 is 14.6 Å². The van der Waals surface area contributed by atoms with E-state index in [-0.39, 0.29) is 25.2 Å². The van der Waals surface area contributed by atoms with Crippen molar-refractivity contribution in [1.29, 1.82) is 0 Å². The highest BCUT2D eigenvalue weighted by Crippen LogP contribution is 2.15. The number of amides is 1. The number of rotatable bonds is 4. The van der Waals surface area contributed by atoms with Gasteiger partial charge in [0.15, 0.2) is 0 Å². The molecule has 1 aliphatic rings. The van der Waals surface area contributed by atoms with Crippen LogP contribution in [0.25, 0.3) is 0 Å². The van der Waals surface area contributed by atoms with E-state index in [9.17, 15) is 4.79 Å². The first-order chi connectivity index (χ1) is 8.31. The van der Waals surface area contributed by atoms with Crippen molar-refractivity contribution in [2.75, 3.05) is 19.8 Å². The van der Waals surface area contributed by atoms with E-state index in [1.165, 1.54) is 0 Å². The molecule has 1 fully saturated rings. The summed E-state index contributed by atoms with van der Waals surface area (Å²) in [5.74, 6) is -0.0217. The molecule has 17 heavy (non-hydrogen) atoms. The van der Waals surface area contributed by atoms with Gasteiger partial charge in [0.25, 0.3) is 0 Å². The number of carbonyl (C=O) groups excluding carboxylic acids is 1. The van der Waals surface area contributed by atoms with Crippen LogP contribution in [0.1, 0.15) is 12.0 Å². The molecule has 92 valence electrons. The summed E-state index contributed by atoms with van der Waals surface area (Å²) < 4.78 is 5.20. The molecule has 2 rings (SSSR count). The smallest absolute Gasteiger partial charge is 0.249 e. The fourth-order valence-corrected chi connectivity index (χ4v) is 1.95. The number of aliphatic hydroxyl groups excluding tert-OH is 1. The van der Waals surface area contributed by atoms with Gasteiger partial charge in [-0.3, -0.25) is 9.78 Å². The van der Waals surface area contributed by atoms with Gasteiger partial charge < -0.3 is 14.7 Å². The molecule has 0 radical (unpaired) electrons. The van der Waals surface area contributed by atoms with Gasteiger partial charge in [-0.2, -0.15) is 0 Å². The predicted molar refractivity (Wildman–Crippen MR) is 61.1 cm³/mol. The maximum Gasteiger partial charge on any atom is 0.249 e. The van der Waals surface area contributed by atoms with E-state index in [4.69, 9.17) is 9.84 Å². The van der Waals surface area contributed by atoms with Crippen molar-refractivity contribution in [2.24, 2.45) is 0 Å². The molecule has 1 aromatic heterocycles. The van der Waals surface area contributed by atoms with Crippen molar-refractivity contribution in [2.45, 2.75) is 19.0 Å². The van der Waals surface area contributed by atoms with E-state index in [2.05, 4.69) is 4.98 Å². The number of morpholine rings is 1. The molecule has 5 heteroatoms. The standard InChI is InChI=1S/C12H16N2O3/c15-6-3-11-8-17-9-12(16)14(11)7-10-1-4-13-5-2-10/h1-2,4-5,11,15H,3,6-9H2. The lowest BCUT2D eigenvalue weighted by atomic mass is 10.1. The van der Waals surface area contributed by atoms with Crippen LogP contribution in [0.4, 0.5) is 0 Å². The third kappa shape index (κ3) is 3.01. The van der Waals surface area contributed by atoms with Crippen LogP contribution in [0.2, 0.25) is 0 Å². The summed E-state index contributed by atoms with van der Waals surface area (Å²) in [7, 11) is 0. The summed E-state index contributed by atoms with van der Waals surface area (Å²) in [5, 5.41) is 8.99. The average Bonchev–Trinajstić information content (AvgIpc) is 2.35. The number of aliphatic hydroxyl groups is 1. The maximum absolute atomic E-state index is 11.8. The molecule has 0 bridgehead atoms. The third-order valence-corrected chi connectivity index (χ3v) is 2.86. The first kappa shape index (κ1) is 12.0. The largest absolute Gasteiger partial charge is 0.396 e. The van der Waals surface area contributed by atoms with E-state index in [0.717, 1.165) is 5.56 Å². The molecule has 2 heterocycles. The predicted octanol–water partition coefficient (Wildman–Crippen LogP) is 0.191. The molecular weight excluding hydrogens is 220 g/mol. The minimum atomic E-state index is -0.0329. The Balaban J connectivity index is 2.07. The van der Waals surface area contributed by atoms with Crippen molar-refractivity contribution >= 4 is 5.91 Å². The summed E-state index contributed by atoms with van der Waals surface area (Å²) in [5.41, 5.74) is 1.04. The Morgan fingerprint density at radius 2 is 2.24 bits per heavy atom. The van der Waals surface area contributed by atoms with Crippen LogP contribution in [0.15, 0.2) is 24.5 Å². The van der Waals surface area contributed by atoms with Crippen LogP contribution in [0.3, 0.4) is 0 Å². The molecular formula is C12H16N2O3. The number of ether oxygens (including phenoxy) is 1. The molecule has 1 N–H and O–H groups in total. The Morgan fingerprint density at radius 1 is 1.47 bits per heavy atom. The minimum Gasteiger partial charge on any atom is -0.396 e. The molecule has 1 unspecified atom stereocenters. The lowest BCUT2D eigenvalue weighted by Gasteiger charge is -2.35. The Hall–Kier alpha value is -1.46. The van der Waals surface area contributed by atoms with Crippen LogP contribution in [0.5, 0.6) is 0 Å². The molecule has 0 aromatic carbocycles. The second kappa shape index (κ2) is 5.75. The Kier molecular flexibility index (Phi) is 4.06. The average molecular weight is 236 g/mol. The third-order valence-electron chi connectivity index (χ3n) is 2.86. The number of aromatic nitrogens is 1. The van der Waals surface area contributed by atoms with E-state index in [1.54, 1.807) is 17.3 Å². The molecule has 5 nitrogen and oxygen atoms in total. The highest BCUT2D eigenvalue weighted by Gasteiger charge is 2.28. The van der Waals surface area contributed by atoms with Crippen LogP contribution >= 0.6 is 0 Å². The second-order valence-electron chi connectivity index (χ2n) is 4.06. The molecule has 1 atom stereocenters. The number of hydrogen-bond acceptors (Lipinski definition) is 4. The van der Waals surface area contributed by atoms with Crippen molar-refractivity contribution in [1.82, 2.24) is 9.88 Å². The topological polar surface area (TPSA) is 62.7 Å². The van der Waals surface area contributed by atoms with Gasteiger partial charge in [-0.25, -0.2) is 0 Å². The zero-order chi connectivity index (χ0) is 12.1. The van der Waals surface area contributed by atoms with Crippen molar-refractivity contribution in [3.8, 4) is 0 Å². The molecule has 1 aromatic rings. The van der Waals surface area contributed by atoms with Gasteiger partial charge in [0, 0.05) is 25.5 Å². The molecule has 0 saturated carbocycles. The van der Waals surface area contributed by atoms with Crippen LogP contribution in [-0.2, 0) is 16.1 Å². The summed E-state index contributed by atoms with van der Waals surface area (Å²) >= 11 is 0. The molecule has 1 saturated heterocycles. The van der Waals surface area contributed by atoms with Gasteiger partial charge in [-0.05, 0) is 24.1 Å². The van der Waals surface area contributed by atoms with E-state index in [1.807, 2.05) is 12.1 Å². The Bertz CT molecular complexity index is 367. The molecule has 0 aliphatic carbocycles. The Labute approximate surface area is 100 Å². The summed E-state index contributed by atoms with van der Waals surface area (Å²) in [6.45, 7) is 1.24. The highest BCUT2D eigenvalue weighted by molar-refractivity contribution is 5.78. The monoisotopic (exact) mass is 236 g/mol. The van der Waals surface area contributed by atoms with Crippen molar-refractivity contribution in [3.63, 3.8) is 0 Å². The number of carbonyl (C=O) groups is 1. The number of pyridine rings is 1. The maximum atomic E-state index is 11.8. The van der Waals surface area contributed by atoms with E-state index >= 15 is 0 Å². The van der Waals surface area contributed by atoms with Gasteiger partial charge >= 0.3 is 0 Å². The Morgan fingerprint density at radius 3 is 2.94 bits per heavy atom. The fraction of sp³-hybridized carbons (Fsp3) is 0.500. The number of nitrogens with zero attached hydrogens (tertiary/aromatic N) is 2. The summed E-state index contributed by atoms with van der Waals surface area (Å²) in [6.07, 6.45) is 3.97. The summed E-state index contributed by atoms with van der Waals surface area (Å²) in [4.78, 5) is 17.5. The van der Waals surface area contributed by atoms with Gasteiger partial charge in [0.05, 0.1) is 12.6 Å². The van der Waals surface area contributed by atoms with Gasteiger partial charge in [0.1, 0.15) is 6.61 Å². The van der Waals surface area contributed by atoms with Crippen LogP contribution in [0, 0.1) is 0 Å². The SMILES string of the molecule is O=C1COCC(CCO)N1Cc1ccncc1. The van der Waals surface area contributed by atoms with Crippen molar-refractivity contribution in [3.05, 3.63) is 30.1 Å². The minimum absolute atomic E-state index is 0.0217. The zero-order valence-corrected chi connectivity index (χ0v) is 9.58. The van der Waals surface area contributed by atoms with Crippen LogP contribution in [-0.4, -0.2) is 46.8 Å². The van der Waals surface area contributed by atoms with Gasteiger partial charge in [0.2, 0.25) is 5.91 Å². The number of hydrogen-bond donors (Lipinski definition) is 1. The van der Waals surface area contributed by atoms with Gasteiger partial charge in [-0.1, -0.05) is 0 Å². The van der Waals surface area contributed by atoms with E-state index < -0.39 is 0 Å². The molecule has 1 aliphatic heterocycles. The fourth-order valence-electron chi connectivity index (χ4n) is 1.95. The first-order valence-electron chi connectivity index (χ1n) is 5.68. The van der Waals surface area contributed by atoms with E-state index in [0.29, 0.717) is 19.6 Å². The summed E-state index contributed by atoms with van der Waals surface area (Å²) in [6, 6.07) is 3.74. The zero-order valence-electron chi connectivity index (χ0n) is 9.58. The molecule has 0 spiro atoms. The lowest BCUT2D eigenvalue weighted by Crippen LogP contribution is -2.49. The first-order valence-corrected chi connectivity index (χ1v) is 5.68. The quantitative estimate of drug-likeness (QED) is 0.810. The van der Waals surface area contributed by atoms with Crippen LogP contribution < -0.4 is 0 Å². The lowest BCUT2D eigenvalue weighted by molar-refractivity contribution is -0.149. The highest BCUT2D eigenvalue weighted by atomic mass is 16.5. The normalized spacial score (nSPS) is 20.6. The second-order valence-corrected chi connectivity index (χ2v) is 4.06. The van der Waals surface area contributed by atoms with Gasteiger partial charge in [-0.15, -0.1) is 0 Å². The molecule has 1 amide bonds.